The fourth-order valence-corrected chi connectivity index (χ4v) is 4.80. The summed E-state index contributed by atoms with van der Waals surface area (Å²) in [6.45, 7) is 1.74. The number of benzene rings is 1. The lowest BCUT2D eigenvalue weighted by molar-refractivity contribution is -0.142. The molecule has 2 aromatic rings. The molecule has 1 unspecified atom stereocenters. The van der Waals surface area contributed by atoms with Gasteiger partial charge in [0.2, 0.25) is 0 Å². The van der Waals surface area contributed by atoms with Gasteiger partial charge in [0.25, 0.3) is 5.91 Å². The molecule has 1 aliphatic rings. The molecule has 0 aliphatic heterocycles. The van der Waals surface area contributed by atoms with Gasteiger partial charge < -0.3 is 19.5 Å². The summed E-state index contributed by atoms with van der Waals surface area (Å²) in [5.41, 5.74) is 2.23. The molecule has 1 aromatic carbocycles. The van der Waals surface area contributed by atoms with Gasteiger partial charge in [-0.05, 0) is 49.0 Å². The Morgan fingerprint density at radius 2 is 2.13 bits per heavy atom. The highest BCUT2D eigenvalue weighted by Crippen LogP contribution is 2.39. The van der Waals surface area contributed by atoms with Gasteiger partial charge in [0.15, 0.2) is 6.61 Å². The molecule has 1 heterocycles. The summed E-state index contributed by atoms with van der Waals surface area (Å²) in [4.78, 5) is 25.4. The van der Waals surface area contributed by atoms with E-state index in [0.717, 1.165) is 29.7 Å². The zero-order chi connectivity index (χ0) is 22.4. The van der Waals surface area contributed by atoms with Gasteiger partial charge >= 0.3 is 5.97 Å². The minimum absolute atomic E-state index is 0.438. The van der Waals surface area contributed by atoms with Crippen LogP contribution in [0.1, 0.15) is 34.9 Å². The zero-order valence-corrected chi connectivity index (χ0v) is 18.5. The standard InChI is InChI=1S/C23H24N2O5S/c1-14-4-8-17-18(12-24)23(31-20(17)10-14)25-21(26)13-30-22(27)9-6-15-5-7-16(28-2)11-19(15)29-3/h5-7,9,11,14H,4,8,10,13H2,1-3H3,(H,25,26)/b9-6+. The second kappa shape index (κ2) is 10.1. The van der Waals surface area contributed by atoms with Gasteiger partial charge in [0.1, 0.15) is 22.6 Å². The number of methoxy groups -OCH3 is 2. The average Bonchev–Trinajstić information content (AvgIpc) is 3.11. The lowest BCUT2D eigenvalue weighted by Crippen LogP contribution is -2.20. The van der Waals surface area contributed by atoms with Crippen molar-refractivity contribution < 1.29 is 23.8 Å². The minimum Gasteiger partial charge on any atom is -0.497 e. The molecule has 0 spiro atoms. The molecular formula is C23H24N2O5S. The maximum atomic E-state index is 12.3. The third kappa shape index (κ3) is 5.44. The van der Waals surface area contributed by atoms with Crippen LogP contribution in [0.15, 0.2) is 24.3 Å². The first kappa shape index (κ1) is 22.4. The van der Waals surface area contributed by atoms with Gasteiger partial charge in [0.05, 0.1) is 19.8 Å². The third-order valence-corrected chi connectivity index (χ3v) is 6.23. The lowest BCUT2D eigenvalue weighted by atomic mass is 9.89. The molecule has 1 aliphatic carbocycles. The number of carbonyl (C=O) groups is 2. The Kier molecular flexibility index (Phi) is 7.32. The van der Waals surface area contributed by atoms with Crippen molar-refractivity contribution in [1.82, 2.24) is 0 Å². The number of hydrogen-bond acceptors (Lipinski definition) is 7. The highest BCUT2D eigenvalue weighted by atomic mass is 32.1. The van der Waals surface area contributed by atoms with E-state index in [0.29, 0.717) is 33.5 Å². The predicted molar refractivity (Wildman–Crippen MR) is 118 cm³/mol. The van der Waals surface area contributed by atoms with E-state index >= 15 is 0 Å². The molecule has 1 atom stereocenters. The topological polar surface area (TPSA) is 97.6 Å². The number of nitrogens with one attached hydrogen (secondary N) is 1. The number of thiophene rings is 1. The molecule has 7 nitrogen and oxygen atoms in total. The Hall–Kier alpha value is -3.31. The summed E-state index contributed by atoms with van der Waals surface area (Å²) < 4.78 is 15.4. The molecule has 162 valence electrons. The van der Waals surface area contributed by atoms with Crippen LogP contribution in [0.3, 0.4) is 0 Å². The molecule has 0 fully saturated rings. The van der Waals surface area contributed by atoms with Gasteiger partial charge in [0, 0.05) is 22.6 Å². The molecule has 1 amide bonds. The molecule has 0 saturated carbocycles. The van der Waals surface area contributed by atoms with Crippen LogP contribution in [0.4, 0.5) is 5.00 Å². The quantitative estimate of drug-likeness (QED) is 0.517. The van der Waals surface area contributed by atoms with Crippen molar-refractivity contribution in [3.63, 3.8) is 0 Å². The fraction of sp³-hybridized carbons (Fsp3) is 0.348. The summed E-state index contributed by atoms with van der Waals surface area (Å²) in [6.07, 6.45) is 5.57. The molecule has 0 bridgehead atoms. The fourth-order valence-electron chi connectivity index (χ4n) is 3.42. The molecule has 1 N–H and O–H groups in total. The van der Waals surface area contributed by atoms with Crippen molar-refractivity contribution in [1.29, 1.82) is 5.26 Å². The number of amides is 1. The monoisotopic (exact) mass is 440 g/mol. The largest absolute Gasteiger partial charge is 0.497 e. The number of rotatable bonds is 7. The van der Waals surface area contributed by atoms with E-state index in [4.69, 9.17) is 14.2 Å². The minimum atomic E-state index is -0.659. The SMILES string of the molecule is COc1ccc(/C=C/C(=O)OCC(=O)Nc2sc3c(c2C#N)CCC(C)C3)c(OC)c1. The van der Waals surface area contributed by atoms with Gasteiger partial charge in [-0.25, -0.2) is 4.79 Å². The van der Waals surface area contributed by atoms with Crippen LogP contribution >= 0.6 is 11.3 Å². The number of esters is 1. The van der Waals surface area contributed by atoms with Crippen molar-refractivity contribution in [2.24, 2.45) is 5.92 Å². The summed E-state index contributed by atoms with van der Waals surface area (Å²) in [5, 5.41) is 12.8. The zero-order valence-electron chi connectivity index (χ0n) is 17.7. The summed E-state index contributed by atoms with van der Waals surface area (Å²) >= 11 is 1.43. The first-order valence-corrected chi connectivity index (χ1v) is 10.7. The van der Waals surface area contributed by atoms with E-state index in [9.17, 15) is 14.9 Å². The number of hydrogen-bond donors (Lipinski definition) is 1. The number of nitrogens with zero attached hydrogens (tertiary/aromatic N) is 1. The molecular weight excluding hydrogens is 416 g/mol. The van der Waals surface area contributed by atoms with Crippen LogP contribution in [-0.4, -0.2) is 32.7 Å². The Balaban J connectivity index is 1.57. The van der Waals surface area contributed by atoms with Crippen LogP contribution in [0, 0.1) is 17.2 Å². The van der Waals surface area contributed by atoms with E-state index in [2.05, 4.69) is 18.3 Å². The van der Waals surface area contributed by atoms with Crippen molar-refractivity contribution in [2.45, 2.75) is 26.2 Å². The van der Waals surface area contributed by atoms with Crippen LogP contribution in [0.25, 0.3) is 6.08 Å². The molecule has 3 rings (SSSR count). The van der Waals surface area contributed by atoms with Crippen LogP contribution in [0.2, 0.25) is 0 Å². The van der Waals surface area contributed by atoms with Crippen molar-refractivity contribution in [3.05, 3.63) is 45.8 Å². The van der Waals surface area contributed by atoms with E-state index in [1.165, 1.54) is 24.5 Å². The maximum Gasteiger partial charge on any atom is 0.331 e. The molecule has 0 radical (unpaired) electrons. The molecule has 0 saturated heterocycles. The van der Waals surface area contributed by atoms with Crippen LogP contribution in [-0.2, 0) is 27.2 Å². The Bertz CT molecular complexity index is 1050. The molecule has 31 heavy (non-hydrogen) atoms. The number of nitriles is 1. The smallest absolute Gasteiger partial charge is 0.331 e. The van der Waals surface area contributed by atoms with E-state index in [-0.39, 0.29) is 0 Å². The molecule has 8 heteroatoms. The third-order valence-electron chi connectivity index (χ3n) is 5.06. The summed E-state index contributed by atoms with van der Waals surface area (Å²) in [5.74, 6) is 0.605. The van der Waals surface area contributed by atoms with Crippen molar-refractivity contribution >= 4 is 34.3 Å². The number of fused-ring (bicyclic) bond motifs is 1. The number of anilines is 1. The lowest BCUT2D eigenvalue weighted by Gasteiger charge is -2.17. The molecule has 1 aromatic heterocycles. The Morgan fingerprint density at radius 1 is 1.32 bits per heavy atom. The maximum absolute atomic E-state index is 12.3. The highest BCUT2D eigenvalue weighted by molar-refractivity contribution is 7.16. The Labute approximate surface area is 185 Å². The predicted octanol–water partition coefficient (Wildman–Crippen LogP) is 3.96. The van der Waals surface area contributed by atoms with Gasteiger partial charge in [-0.3, -0.25) is 4.79 Å². The number of ether oxygens (including phenoxy) is 3. The van der Waals surface area contributed by atoms with Crippen LogP contribution < -0.4 is 14.8 Å². The van der Waals surface area contributed by atoms with Gasteiger partial charge in [-0.1, -0.05) is 6.92 Å². The number of carbonyl (C=O) groups excluding carboxylic acids is 2. The summed E-state index contributed by atoms with van der Waals surface area (Å²) in [6, 6.07) is 7.40. The highest BCUT2D eigenvalue weighted by Gasteiger charge is 2.24. The summed E-state index contributed by atoms with van der Waals surface area (Å²) in [7, 11) is 3.07. The normalized spacial score (nSPS) is 15.1. The van der Waals surface area contributed by atoms with E-state index in [1.54, 1.807) is 31.4 Å². The average molecular weight is 441 g/mol. The van der Waals surface area contributed by atoms with Gasteiger partial charge in [-0.15, -0.1) is 11.3 Å². The van der Waals surface area contributed by atoms with Gasteiger partial charge in [-0.2, -0.15) is 5.26 Å². The second-order valence-electron chi connectivity index (χ2n) is 7.26. The van der Waals surface area contributed by atoms with E-state index < -0.39 is 18.5 Å². The first-order valence-electron chi connectivity index (χ1n) is 9.86. The first-order chi connectivity index (χ1) is 14.9. The van der Waals surface area contributed by atoms with Crippen LogP contribution in [0.5, 0.6) is 11.5 Å². The second-order valence-corrected chi connectivity index (χ2v) is 8.37. The van der Waals surface area contributed by atoms with E-state index in [1.807, 2.05) is 0 Å². The van der Waals surface area contributed by atoms with Crippen molar-refractivity contribution in [3.8, 4) is 17.6 Å². The Morgan fingerprint density at radius 3 is 2.84 bits per heavy atom. The van der Waals surface area contributed by atoms with Crippen molar-refractivity contribution in [2.75, 3.05) is 26.1 Å².